The van der Waals surface area contributed by atoms with Crippen molar-refractivity contribution >= 4 is 11.6 Å². The van der Waals surface area contributed by atoms with Gasteiger partial charge in [0.05, 0.1) is 0 Å². The molecule has 0 amide bonds. The summed E-state index contributed by atoms with van der Waals surface area (Å²) in [7, 11) is 0. The minimum absolute atomic E-state index is 0.279. The van der Waals surface area contributed by atoms with Crippen LogP contribution in [0.15, 0.2) is 30.3 Å². The van der Waals surface area contributed by atoms with Crippen molar-refractivity contribution in [3.63, 3.8) is 0 Å². The molecule has 1 nitrogen and oxygen atoms in total. The number of halogens is 4. The highest BCUT2D eigenvalue weighted by atomic mass is 35.5. The van der Waals surface area contributed by atoms with Crippen LogP contribution in [0.4, 0.5) is 13.2 Å². The molecule has 1 unspecified atom stereocenters. The van der Waals surface area contributed by atoms with Gasteiger partial charge in [-0.05, 0) is 5.56 Å². The third kappa shape index (κ3) is 3.65. The summed E-state index contributed by atoms with van der Waals surface area (Å²) in [5.41, 5.74) is -1.21. The molecule has 0 aliphatic rings. The van der Waals surface area contributed by atoms with Crippen LogP contribution >= 0.6 is 11.6 Å². The Bertz CT molecular complexity index is 260. The minimum atomic E-state index is -4.71. The van der Waals surface area contributed by atoms with E-state index < -0.39 is 11.9 Å². The summed E-state index contributed by atoms with van der Waals surface area (Å²) in [4.78, 5) is 0. The molecule has 0 heterocycles. The summed E-state index contributed by atoms with van der Waals surface area (Å²) in [6.45, 7) is 0. The number of alkyl halides is 4. The van der Waals surface area contributed by atoms with Crippen molar-refractivity contribution in [3.8, 4) is 0 Å². The summed E-state index contributed by atoms with van der Waals surface area (Å²) in [5, 5.41) is 0. The van der Waals surface area contributed by atoms with Crippen LogP contribution in [0.25, 0.3) is 0 Å². The first-order chi connectivity index (χ1) is 5.99. The summed E-state index contributed by atoms with van der Waals surface area (Å²) in [6.07, 6.45) is -4.71. The summed E-state index contributed by atoms with van der Waals surface area (Å²) in [5.74, 6) is 0. The lowest BCUT2D eigenvalue weighted by Crippen LogP contribution is -2.14. The maximum Gasteiger partial charge on any atom is 0.524 e. The fraction of sp³-hybridized carbons (Fsp3) is 0.250. The van der Waals surface area contributed by atoms with Gasteiger partial charge in [0, 0.05) is 0 Å². The molecular formula is C8H6ClF3O. The molecule has 0 aromatic heterocycles. The SMILES string of the molecule is FC(F)(F)OC(Cl)c1ccccc1. The van der Waals surface area contributed by atoms with Crippen LogP contribution in [-0.4, -0.2) is 6.36 Å². The standard InChI is InChI=1S/C8H6ClF3O/c9-7(13-8(10,11)12)6-4-2-1-3-5-6/h1-5,7H. The molecule has 72 valence electrons. The molecule has 0 bridgehead atoms. The molecular weight excluding hydrogens is 205 g/mol. The second kappa shape index (κ2) is 3.98. The second-order valence-corrected chi connectivity index (χ2v) is 2.69. The van der Waals surface area contributed by atoms with Crippen molar-refractivity contribution in [1.29, 1.82) is 0 Å². The normalized spacial score (nSPS) is 14.2. The Morgan fingerprint density at radius 1 is 1.15 bits per heavy atom. The lowest BCUT2D eigenvalue weighted by Gasteiger charge is -2.12. The van der Waals surface area contributed by atoms with E-state index in [4.69, 9.17) is 11.6 Å². The van der Waals surface area contributed by atoms with Gasteiger partial charge >= 0.3 is 6.36 Å². The third-order valence-corrected chi connectivity index (χ3v) is 1.64. The Morgan fingerprint density at radius 3 is 2.15 bits per heavy atom. The van der Waals surface area contributed by atoms with Gasteiger partial charge in [-0.3, -0.25) is 4.74 Å². The average molecular weight is 211 g/mol. The molecule has 0 N–H and O–H groups in total. The van der Waals surface area contributed by atoms with E-state index in [2.05, 4.69) is 4.74 Å². The van der Waals surface area contributed by atoms with Gasteiger partial charge in [-0.2, -0.15) is 0 Å². The maximum atomic E-state index is 11.7. The summed E-state index contributed by atoms with van der Waals surface area (Å²) < 4.78 is 38.6. The Balaban J connectivity index is 2.64. The molecule has 0 aliphatic carbocycles. The molecule has 0 spiro atoms. The zero-order chi connectivity index (χ0) is 9.90. The van der Waals surface area contributed by atoms with Crippen molar-refractivity contribution in [2.24, 2.45) is 0 Å². The quantitative estimate of drug-likeness (QED) is 0.680. The van der Waals surface area contributed by atoms with Gasteiger partial charge in [0.2, 0.25) is 0 Å². The molecule has 0 fully saturated rings. The molecule has 1 atom stereocenters. The van der Waals surface area contributed by atoms with Crippen LogP contribution in [-0.2, 0) is 4.74 Å². The van der Waals surface area contributed by atoms with E-state index in [1.54, 1.807) is 18.2 Å². The third-order valence-electron chi connectivity index (χ3n) is 1.30. The van der Waals surface area contributed by atoms with E-state index in [0.717, 1.165) is 0 Å². The van der Waals surface area contributed by atoms with Crippen LogP contribution in [0.1, 0.15) is 11.1 Å². The topological polar surface area (TPSA) is 9.23 Å². The lowest BCUT2D eigenvalue weighted by molar-refractivity contribution is -0.333. The molecule has 0 saturated heterocycles. The predicted octanol–water partition coefficient (Wildman–Crippen LogP) is 3.46. The van der Waals surface area contributed by atoms with Gasteiger partial charge in [0.1, 0.15) is 0 Å². The van der Waals surface area contributed by atoms with Crippen LogP contribution in [0.5, 0.6) is 0 Å². The fourth-order valence-corrected chi connectivity index (χ4v) is 1.04. The first-order valence-electron chi connectivity index (χ1n) is 3.42. The van der Waals surface area contributed by atoms with Gasteiger partial charge in [-0.25, -0.2) is 0 Å². The first kappa shape index (κ1) is 10.3. The fourth-order valence-electron chi connectivity index (χ4n) is 0.790. The van der Waals surface area contributed by atoms with E-state index in [9.17, 15) is 13.2 Å². The largest absolute Gasteiger partial charge is 0.524 e. The molecule has 1 aromatic carbocycles. The molecule has 0 saturated carbocycles. The summed E-state index contributed by atoms with van der Waals surface area (Å²) >= 11 is 5.35. The van der Waals surface area contributed by atoms with E-state index in [0.29, 0.717) is 0 Å². The maximum absolute atomic E-state index is 11.7. The van der Waals surface area contributed by atoms with Gasteiger partial charge < -0.3 is 0 Å². The average Bonchev–Trinajstić information content (AvgIpc) is 2.03. The molecule has 0 aliphatic heterocycles. The minimum Gasteiger partial charge on any atom is -0.268 e. The van der Waals surface area contributed by atoms with Crippen LogP contribution in [0.3, 0.4) is 0 Å². The zero-order valence-corrected chi connectivity index (χ0v) is 7.14. The van der Waals surface area contributed by atoms with Crippen molar-refractivity contribution in [3.05, 3.63) is 35.9 Å². The summed E-state index contributed by atoms with van der Waals surface area (Å²) in [6, 6.07) is 7.78. The Kier molecular flexibility index (Phi) is 3.17. The number of hydrogen-bond acceptors (Lipinski definition) is 1. The Labute approximate surface area is 78.1 Å². The first-order valence-corrected chi connectivity index (χ1v) is 3.86. The van der Waals surface area contributed by atoms with Gasteiger partial charge in [0.25, 0.3) is 0 Å². The molecule has 1 rings (SSSR count). The van der Waals surface area contributed by atoms with Crippen LogP contribution in [0, 0.1) is 0 Å². The second-order valence-electron chi connectivity index (χ2n) is 2.29. The highest BCUT2D eigenvalue weighted by molar-refractivity contribution is 6.19. The Morgan fingerprint density at radius 2 is 1.69 bits per heavy atom. The zero-order valence-electron chi connectivity index (χ0n) is 6.38. The number of rotatable bonds is 2. The molecule has 13 heavy (non-hydrogen) atoms. The monoisotopic (exact) mass is 210 g/mol. The van der Waals surface area contributed by atoms with E-state index in [1.807, 2.05) is 0 Å². The highest BCUT2D eigenvalue weighted by Gasteiger charge is 2.33. The van der Waals surface area contributed by atoms with Crippen molar-refractivity contribution < 1.29 is 17.9 Å². The molecule has 0 radical (unpaired) electrons. The lowest BCUT2D eigenvalue weighted by atomic mass is 10.2. The molecule has 1 aromatic rings. The van der Waals surface area contributed by atoms with Gasteiger partial charge in [-0.1, -0.05) is 41.9 Å². The number of benzene rings is 1. The van der Waals surface area contributed by atoms with Crippen molar-refractivity contribution in [1.82, 2.24) is 0 Å². The van der Waals surface area contributed by atoms with Crippen molar-refractivity contribution in [2.45, 2.75) is 11.9 Å². The molecule has 5 heteroatoms. The van der Waals surface area contributed by atoms with Crippen molar-refractivity contribution in [2.75, 3.05) is 0 Å². The highest BCUT2D eigenvalue weighted by Crippen LogP contribution is 2.30. The van der Waals surface area contributed by atoms with Gasteiger partial charge in [-0.15, -0.1) is 13.2 Å². The van der Waals surface area contributed by atoms with E-state index >= 15 is 0 Å². The number of ether oxygens (including phenoxy) is 1. The van der Waals surface area contributed by atoms with E-state index in [1.165, 1.54) is 12.1 Å². The predicted molar refractivity (Wildman–Crippen MR) is 42.2 cm³/mol. The number of hydrogen-bond donors (Lipinski definition) is 0. The van der Waals surface area contributed by atoms with Crippen LogP contribution < -0.4 is 0 Å². The van der Waals surface area contributed by atoms with E-state index in [-0.39, 0.29) is 5.56 Å². The Hall–Kier alpha value is -0.740. The smallest absolute Gasteiger partial charge is 0.268 e. The van der Waals surface area contributed by atoms with Gasteiger partial charge in [0.15, 0.2) is 5.56 Å². The van der Waals surface area contributed by atoms with Crippen LogP contribution in [0.2, 0.25) is 0 Å².